The maximum absolute atomic E-state index is 11.8. The van der Waals surface area contributed by atoms with Gasteiger partial charge >= 0.3 is 0 Å². The van der Waals surface area contributed by atoms with Crippen molar-refractivity contribution in [2.45, 2.75) is 4.90 Å². The number of rotatable bonds is 3. The molecule has 0 aliphatic carbocycles. The SMILES string of the molecule is COc1c(C=O)cc(S(C)(=O)=O)c2ccccc12. The molecule has 2 rings (SSSR count). The largest absolute Gasteiger partial charge is 0.495 e. The predicted molar refractivity (Wildman–Crippen MR) is 69.0 cm³/mol. The van der Waals surface area contributed by atoms with Crippen LogP contribution in [0.15, 0.2) is 35.2 Å². The van der Waals surface area contributed by atoms with Gasteiger partial charge < -0.3 is 4.74 Å². The molecule has 0 aliphatic heterocycles. The van der Waals surface area contributed by atoms with Gasteiger partial charge in [-0.1, -0.05) is 24.3 Å². The van der Waals surface area contributed by atoms with E-state index in [1.807, 2.05) is 0 Å². The Balaban J connectivity index is 3.02. The van der Waals surface area contributed by atoms with Gasteiger partial charge in [0.05, 0.1) is 17.6 Å². The van der Waals surface area contributed by atoms with Crippen molar-refractivity contribution in [2.24, 2.45) is 0 Å². The Hall–Kier alpha value is -1.88. The van der Waals surface area contributed by atoms with Crippen LogP contribution >= 0.6 is 0 Å². The van der Waals surface area contributed by atoms with Crippen molar-refractivity contribution in [2.75, 3.05) is 13.4 Å². The molecule has 94 valence electrons. The molecular weight excluding hydrogens is 252 g/mol. The van der Waals surface area contributed by atoms with Crippen LogP contribution < -0.4 is 4.74 Å². The van der Waals surface area contributed by atoms with E-state index in [0.29, 0.717) is 22.8 Å². The summed E-state index contributed by atoms with van der Waals surface area (Å²) in [6, 6.07) is 8.30. The first-order valence-electron chi connectivity index (χ1n) is 5.24. The van der Waals surface area contributed by atoms with Crippen molar-refractivity contribution >= 4 is 26.9 Å². The second-order valence-electron chi connectivity index (χ2n) is 3.93. The van der Waals surface area contributed by atoms with Gasteiger partial charge in [-0.2, -0.15) is 0 Å². The Bertz CT molecular complexity index is 717. The van der Waals surface area contributed by atoms with E-state index in [9.17, 15) is 13.2 Å². The minimum atomic E-state index is -3.40. The molecule has 0 aromatic heterocycles. The molecule has 0 radical (unpaired) electrons. The lowest BCUT2D eigenvalue weighted by Gasteiger charge is -2.11. The summed E-state index contributed by atoms with van der Waals surface area (Å²) in [5.41, 5.74) is 0.233. The average Bonchev–Trinajstić information content (AvgIpc) is 2.35. The fraction of sp³-hybridized carbons (Fsp3) is 0.154. The Morgan fingerprint density at radius 2 is 1.78 bits per heavy atom. The molecule has 0 bridgehead atoms. The number of aldehydes is 1. The minimum absolute atomic E-state index is 0.140. The Morgan fingerprint density at radius 3 is 2.28 bits per heavy atom. The van der Waals surface area contributed by atoms with Crippen molar-refractivity contribution in [3.05, 3.63) is 35.9 Å². The summed E-state index contributed by atoms with van der Waals surface area (Å²) >= 11 is 0. The number of sulfone groups is 1. The zero-order valence-electron chi connectivity index (χ0n) is 10.0. The number of ether oxygens (including phenoxy) is 1. The van der Waals surface area contributed by atoms with E-state index in [-0.39, 0.29) is 10.5 Å². The van der Waals surface area contributed by atoms with Crippen molar-refractivity contribution in [3.8, 4) is 5.75 Å². The molecule has 0 unspecified atom stereocenters. The summed E-state index contributed by atoms with van der Waals surface area (Å²) in [4.78, 5) is 11.2. The van der Waals surface area contributed by atoms with Crippen molar-refractivity contribution in [1.29, 1.82) is 0 Å². The van der Waals surface area contributed by atoms with Crippen molar-refractivity contribution < 1.29 is 17.9 Å². The van der Waals surface area contributed by atoms with Crippen LogP contribution in [0, 0.1) is 0 Å². The fourth-order valence-corrected chi connectivity index (χ4v) is 2.88. The van der Waals surface area contributed by atoms with Gasteiger partial charge in [0.1, 0.15) is 5.75 Å². The molecule has 0 atom stereocenters. The topological polar surface area (TPSA) is 60.4 Å². The van der Waals surface area contributed by atoms with E-state index in [2.05, 4.69) is 0 Å². The molecule has 0 fully saturated rings. The van der Waals surface area contributed by atoms with Crippen LogP contribution in [0.1, 0.15) is 10.4 Å². The smallest absolute Gasteiger partial charge is 0.176 e. The molecular formula is C13H12O4S. The lowest BCUT2D eigenvalue weighted by Crippen LogP contribution is -2.02. The van der Waals surface area contributed by atoms with Crippen LogP contribution in [-0.2, 0) is 9.84 Å². The maximum atomic E-state index is 11.8. The number of hydrogen-bond acceptors (Lipinski definition) is 4. The Kier molecular flexibility index (Phi) is 3.09. The van der Waals surface area contributed by atoms with E-state index in [0.717, 1.165) is 6.26 Å². The molecule has 2 aromatic carbocycles. The third kappa shape index (κ3) is 1.97. The van der Waals surface area contributed by atoms with Crippen LogP contribution in [0.4, 0.5) is 0 Å². The highest BCUT2D eigenvalue weighted by Crippen LogP contribution is 2.33. The molecule has 5 heteroatoms. The quantitative estimate of drug-likeness (QED) is 0.796. The van der Waals surface area contributed by atoms with Gasteiger partial charge in [-0.3, -0.25) is 4.79 Å². The van der Waals surface area contributed by atoms with E-state index < -0.39 is 9.84 Å². The predicted octanol–water partition coefficient (Wildman–Crippen LogP) is 2.06. The van der Waals surface area contributed by atoms with Crippen molar-refractivity contribution in [1.82, 2.24) is 0 Å². The molecule has 0 aliphatic rings. The van der Waals surface area contributed by atoms with E-state index in [4.69, 9.17) is 4.74 Å². The summed E-state index contributed by atoms with van der Waals surface area (Å²) in [6.07, 6.45) is 1.72. The van der Waals surface area contributed by atoms with Gasteiger partial charge in [0.25, 0.3) is 0 Å². The highest BCUT2D eigenvalue weighted by Gasteiger charge is 2.17. The molecule has 0 heterocycles. The summed E-state index contributed by atoms with van der Waals surface area (Å²) in [5, 5.41) is 1.17. The van der Waals surface area contributed by atoms with Gasteiger partial charge in [0.15, 0.2) is 16.1 Å². The second kappa shape index (κ2) is 4.42. The average molecular weight is 264 g/mol. The van der Waals surface area contributed by atoms with E-state index in [1.54, 1.807) is 24.3 Å². The van der Waals surface area contributed by atoms with E-state index >= 15 is 0 Å². The van der Waals surface area contributed by atoms with Gasteiger partial charge in [-0.05, 0) is 6.07 Å². The first-order chi connectivity index (χ1) is 8.49. The number of carbonyl (C=O) groups excluding carboxylic acids is 1. The minimum Gasteiger partial charge on any atom is -0.495 e. The maximum Gasteiger partial charge on any atom is 0.176 e. The molecule has 0 spiro atoms. The van der Waals surface area contributed by atoms with Crippen LogP contribution in [0.5, 0.6) is 5.75 Å². The number of hydrogen-bond donors (Lipinski definition) is 0. The zero-order valence-corrected chi connectivity index (χ0v) is 10.8. The molecule has 18 heavy (non-hydrogen) atoms. The fourth-order valence-electron chi connectivity index (χ4n) is 1.96. The summed E-state index contributed by atoms with van der Waals surface area (Å²) < 4.78 is 28.7. The summed E-state index contributed by atoms with van der Waals surface area (Å²) in [5.74, 6) is 0.396. The lowest BCUT2D eigenvalue weighted by atomic mass is 10.1. The highest BCUT2D eigenvalue weighted by molar-refractivity contribution is 7.91. The van der Waals surface area contributed by atoms with Gasteiger partial charge in [-0.15, -0.1) is 0 Å². The summed E-state index contributed by atoms with van der Waals surface area (Å²) in [7, 11) is -1.95. The van der Waals surface area contributed by atoms with Crippen LogP contribution in [0.3, 0.4) is 0 Å². The van der Waals surface area contributed by atoms with Gasteiger partial charge in [0.2, 0.25) is 0 Å². The molecule has 4 nitrogen and oxygen atoms in total. The van der Waals surface area contributed by atoms with Crippen LogP contribution in [-0.4, -0.2) is 28.1 Å². The standard InChI is InChI=1S/C13H12O4S/c1-17-13-9(8-14)7-12(18(2,15)16)10-5-3-4-6-11(10)13/h3-8H,1-2H3. The van der Waals surface area contributed by atoms with Crippen LogP contribution in [0.2, 0.25) is 0 Å². The first-order valence-corrected chi connectivity index (χ1v) is 7.13. The number of carbonyl (C=O) groups is 1. The monoisotopic (exact) mass is 264 g/mol. The van der Waals surface area contributed by atoms with Gasteiger partial charge in [0, 0.05) is 17.0 Å². The molecule has 0 N–H and O–H groups in total. The first kappa shape index (κ1) is 12.6. The summed E-state index contributed by atoms with van der Waals surface area (Å²) in [6.45, 7) is 0. The highest BCUT2D eigenvalue weighted by atomic mass is 32.2. The van der Waals surface area contributed by atoms with E-state index in [1.165, 1.54) is 13.2 Å². The lowest BCUT2D eigenvalue weighted by molar-refractivity contribution is 0.112. The Morgan fingerprint density at radius 1 is 1.17 bits per heavy atom. The van der Waals surface area contributed by atoms with Crippen molar-refractivity contribution in [3.63, 3.8) is 0 Å². The number of fused-ring (bicyclic) bond motifs is 1. The Labute approximate surface area is 105 Å². The second-order valence-corrected chi connectivity index (χ2v) is 5.92. The zero-order chi connectivity index (χ0) is 13.3. The van der Waals surface area contributed by atoms with Crippen LogP contribution in [0.25, 0.3) is 10.8 Å². The molecule has 0 amide bonds. The number of benzene rings is 2. The third-order valence-electron chi connectivity index (χ3n) is 2.72. The molecule has 0 saturated carbocycles. The normalized spacial score (nSPS) is 11.4. The molecule has 2 aromatic rings. The molecule has 0 saturated heterocycles. The third-order valence-corrected chi connectivity index (χ3v) is 3.85. The van der Waals surface area contributed by atoms with Gasteiger partial charge in [-0.25, -0.2) is 8.42 Å². The number of methoxy groups -OCH3 is 1.